The van der Waals surface area contributed by atoms with E-state index in [2.05, 4.69) is 54.4 Å². The zero-order valence-corrected chi connectivity index (χ0v) is 11.7. The minimum atomic E-state index is 1.27. The summed E-state index contributed by atoms with van der Waals surface area (Å²) in [7, 11) is 4.19. The van der Waals surface area contributed by atoms with Crippen molar-refractivity contribution >= 4 is 11.0 Å². The summed E-state index contributed by atoms with van der Waals surface area (Å²) in [4.78, 5) is 0. The second-order valence-corrected chi connectivity index (χ2v) is 3.15. The minimum absolute atomic E-state index is 1.27. The number of benzene rings is 1. The molecule has 1 aromatic heterocycles. The molecule has 0 fully saturated rings. The Labute approximate surface area is 99.5 Å². The molecule has 0 saturated heterocycles. The number of nitrogens with zero attached hydrogens (tertiary/aromatic N) is 2. The van der Waals surface area contributed by atoms with E-state index in [9.17, 15) is 0 Å². The van der Waals surface area contributed by atoms with Gasteiger partial charge in [-0.3, -0.25) is 0 Å². The molecule has 1 aromatic carbocycles. The quantitative estimate of drug-likeness (QED) is 0.603. The Morgan fingerprint density at radius 1 is 1.00 bits per heavy atom. The highest BCUT2D eigenvalue weighted by Crippen LogP contribution is 2.10. The van der Waals surface area contributed by atoms with Crippen molar-refractivity contribution in [3.8, 4) is 0 Å². The van der Waals surface area contributed by atoms with Crippen LogP contribution in [0, 0.1) is 6.92 Å². The molecular weight excluding hydrogens is 196 g/mol. The first-order valence-corrected chi connectivity index (χ1v) is 6.12. The molecule has 0 aliphatic heterocycles. The molecule has 1 heterocycles. The van der Waals surface area contributed by atoms with Crippen molar-refractivity contribution in [1.29, 1.82) is 0 Å². The summed E-state index contributed by atoms with van der Waals surface area (Å²) in [6.07, 6.45) is 0. The number of rotatable bonds is 0. The van der Waals surface area contributed by atoms with Crippen molar-refractivity contribution in [3.05, 3.63) is 30.1 Å². The second-order valence-electron chi connectivity index (χ2n) is 3.15. The van der Waals surface area contributed by atoms with E-state index < -0.39 is 0 Å². The fraction of sp³-hybridized carbons (Fsp3) is 0.500. The summed E-state index contributed by atoms with van der Waals surface area (Å²) in [5.74, 6) is 1.27. The van der Waals surface area contributed by atoms with Crippen LogP contribution in [0.3, 0.4) is 0 Å². The lowest BCUT2D eigenvalue weighted by Crippen LogP contribution is -2.30. The van der Waals surface area contributed by atoms with Gasteiger partial charge >= 0.3 is 0 Å². The average molecular weight is 221 g/mol. The number of aryl methyl sites for hydroxylation is 2. The molecule has 2 rings (SSSR count). The average Bonchev–Trinajstić information content (AvgIpc) is 2.60. The third-order valence-corrected chi connectivity index (χ3v) is 2.58. The normalized spacial score (nSPS) is 8.94. The maximum Gasteiger partial charge on any atom is 0.253 e. The largest absolute Gasteiger partial charge is 0.253 e. The van der Waals surface area contributed by atoms with Gasteiger partial charge in [0.2, 0.25) is 0 Å². The SMILES string of the molecule is CC.CC.Cc1n(C)c2ccccc2[n+]1C. The maximum absolute atomic E-state index is 2.20. The summed E-state index contributed by atoms with van der Waals surface area (Å²) in [5.41, 5.74) is 2.58. The molecule has 0 radical (unpaired) electrons. The first-order chi connectivity index (χ1) is 7.72. The van der Waals surface area contributed by atoms with Gasteiger partial charge in [-0.2, -0.15) is 0 Å². The second kappa shape index (κ2) is 7.04. The number of fused-ring (bicyclic) bond motifs is 1. The third kappa shape index (κ3) is 2.63. The van der Waals surface area contributed by atoms with Crippen LogP contribution in [0.1, 0.15) is 33.5 Å². The van der Waals surface area contributed by atoms with Crippen molar-refractivity contribution in [3.63, 3.8) is 0 Å². The summed E-state index contributed by atoms with van der Waals surface area (Å²) in [6.45, 7) is 10.1. The van der Waals surface area contributed by atoms with E-state index >= 15 is 0 Å². The van der Waals surface area contributed by atoms with Gasteiger partial charge in [0.1, 0.15) is 0 Å². The minimum Gasteiger partial charge on any atom is -0.230 e. The summed E-state index contributed by atoms with van der Waals surface area (Å²) in [6, 6.07) is 8.42. The lowest BCUT2D eigenvalue weighted by atomic mass is 10.3. The maximum atomic E-state index is 2.20. The molecule has 0 amide bonds. The van der Waals surface area contributed by atoms with E-state index in [1.54, 1.807) is 0 Å². The fourth-order valence-corrected chi connectivity index (χ4v) is 1.61. The Morgan fingerprint density at radius 3 is 2.00 bits per heavy atom. The van der Waals surface area contributed by atoms with Crippen LogP contribution < -0.4 is 4.57 Å². The molecule has 0 atom stereocenters. The highest BCUT2D eigenvalue weighted by molar-refractivity contribution is 5.71. The van der Waals surface area contributed by atoms with Crippen molar-refractivity contribution in [1.82, 2.24) is 4.57 Å². The van der Waals surface area contributed by atoms with Crippen molar-refractivity contribution in [2.75, 3.05) is 0 Å². The molecule has 90 valence electrons. The number of imidazole rings is 1. The van der Waals surface area contributed by atoms with Crippen molar-refractivity contribution < 1.29 is 4.57 Å². The molecule has 2 heteroatoms. The fourth-order valence-electron chi connectivity index (χ4n) is 1.61. The Balaban J connectivity index is 0.000000509. The van der Waals surface area contributed by atoms with E-state index in [1.165, 1.54) is 16.9 Å². The van der Waals surface area contributed by atoms with Crippen LogP contribution in [0.5, 0.6) is 0 Å². The molecule has 0 spiro atoms. The smallest absolute Gasteiger partial charge is 0.230 e. The van der Waals surface area contributed by atoms with Crippen molar-refractivity contribution in [2.45, 2.75) is 34.6 Å². The molecule has 0 aliphatic carbocycles. The van der Waals surface area contributed by atoms with E-state index in [4.69, 9.17) is 0 Å². The molecule has 16 heavy (non-hydrogen) atoms. The first-order valence-electron chi connectivity index (χ1n) is 6.12. The topological polar surface area (TPSA) is 8.81 Å². The highest BCUT2D eigenvalue weighted by Gasteiger charge is 2.13. The molecule has 2 aromatic rings. The molecule has 0 N–H and O–H groups in total. The highest BCUT2D eigenvalue weighted by atomic mass is 15.1. The van der Waals surface area contributed by atoms with E-state index in [0.717, 1.165) is 0 Å². The van der Waals surface area contributed by atoms with Gasteiger partial charge in [-0.05, 0) is 12.1 Å². The van der Waals surface area contributed by atoms with E-state index in [-0.39, 0.29) is 0 Å². The Kier molecular flexibility index (Phi) is 6.47. The van der Waals surface area contributed by atoms with Crippen molar-refractivity contribution in [2.24, 2.45) is 14.1 Å². The van der Waals surface area contributed by atoms with E-state index in [0.29, 0.717) is 0 Å². The zero-order chi connectivity index (χ0) is 12.7. The molecule has 0 unspecified atom stereocenters. The molecule has 0 bridgehead atoms. The summed E-state index contributed by atoms with van der Waals surface area (Å²) >= 11 is 0. The predicted molar refractivity (Wildman–Crippen MR) is 71.5 cm³/mol. The molecular formula is C14H25N2+. The number of hydrogen-bond acceptors (Lipinski definition) is 0. The number of aromatic nitrogens is 2. The van der Waals surface area contributed by atoms with Gasteiger partial charge in [0, 0.05) is 6.92 Å². The van der Waals surface area contributed by atoms with E-state index in [1.807, 2.05) is 27.7 Å². The lowest BCUT2D eigenvalue weighted by Gasteiger charge is -1.86. The van der Waals surface area contributed by atoms with Crippen LogP contribution in [-0.4, -0.2) is 4.57 Å². The predicted octanol–water partition coefficient (Wildman–Crippen LogP) is 3.36. The molecule has 2 nitrogen and oxygen atoms in total. The van der Waals surface area contributed by atoms with Gasteiger partial charge in [-0.25, -0.2) is 9.13 Å². The van der Waals surface area contributed by atoms with Gasteiger partial charge in [0.25, 0.3) is 5.82 Å². The number of para-hydroxylation sites is 2. The van der Waals surface area contributed by atoms with Gasteiger partial charge in [0.15, 0.2) is 11.0 Å². The van der Waals surface area contributed by atoms with Crippen LogP contribution in [0.15, 0.2) is 24.3 Å². The first kappa shape index (κ1) is 14.7. The summed E-state index contributed by atoms with van der Waals surface area (Å²) in [5, 5.41) is 0. The summed E-state index contributed by atoms with van der Waals surface area (Å²) < 4.78 is 4.41. The molecule has 0 saturated carbocycles. The van der Waals surface area contributed by atoms with Gasteiger partial charge in [0.05, 0.1) is 14.1 Å². The van der Waals surface area contributed by atoms with Crippen LogP contribution in [0.2, 0.25) is 0 Å². The Hall–Kier alpha value is -1.31. The standard InChI is InChI=1S/C10H13N2.2C2H6/c1-8-11(2)9-6-4-5-7-10(9)12(8)3;2*1-2/h4-7H,1-3H3;2*1-2H3/q+1;;. The van der Waals surface area contributed by atoms with Gasteiger partial charge in [-0.1, -0.05) is 39.8 Å². The number of hydrogen-bond donors (Lipinski definition) is 0. The Morgan fingerprint density at radius 2 is 1.50 bits per heavy atom. The third-order valence-electron chi connectivity index (χ3n) is 2.58. The zero-order valence-electron chi connectivity index (χ0n) is 11.7. The lowest BCUT2D eigenvalue weighted by molar-refractivity contribution is -0.652. The van der Waals surface area contributed by atoms with Crippen LogP contribution in [0.4, 0.5) is 0 Å². The van der Waals surface area contributed by atoms with Crippen LogP contribution >= 0.6 is 0 Å². The Bertz CT molecular complexity index is 388. The van der Waals surface area contributed by atoms with Crippen LogP contribution in [0.25, 0.3) is 11.0 Å². The van der Waals surface area contributed by atoms with Gasteiger partial charge < -0.3 is 0 Å². The van der Waals surface area contributed by atoms with Gasteiger partial charge in [-0.15, -0.1) is 0 Å². The monoisotopic (exact) mass is 221 g/mol. The van der Waals surface area contributed by atoms with Crippen LogP contribution in [-0.2, 0) is 14.1 Å². The molecule has 0 aliphatic rings.